The summed E-state index contributed by atoms with van der Waals surface area (Å²) in [4.78, 5) is 2.95. The van der Waals surface area contributed by atoms with Gasteiger partial charge in [0.15, 0.2) is 0 Å². The Morgan fingerprint density at radius 2 is 1.94 bits per heavy atom. The summed E-state index contributed by atoms with van der Waals surface area (Å²) in [6.07, 6.45) is -7.82. The van der Waals surface area contributed by atoms with Gasteiger partial charge in [-0.15, -0.1) is 11.6 Å². The largest absolute Gasteiger partial charge is 0.433 e. The first kappa shape index (κ1) is 13.9. The number of aromatic nitrogens is 1. The van der Waals surface area contributed by atoms with Crippen molar-refractivity contribution in [3.8, 4) is 0 Å². The molecule has 0 aromatic carbocycles. The molecule has 1 aromatic heterocycles. The molecule has 0 aliphatic rings. The quantitative estimate of drug-likeness (QED) is 0.427. The summed E-state index contributed by atoms with van der Waals surface area (Å²) >= 11 is 6.81. The minimum Gasteiger partial charge on any atom is -0.241 e. The number of hydrogen-bond acceptors (Lipinski definition) is 1. The van der Waals surface area contributed by atoms with Gasteiger partial charge in [0.25, 0.3) is 6.43 Å². The zero-order valence-electron chi connectivity index (χ0n) is 7.45. The Hall–Kier alpha value is -0.180. The zero-order valence-corrected chi connectivity index (χ0v) is 10.4. The van der Waals surface area contributed by atoms with Gasteiger partial charge in [-0.25, -0.2) is 13.8 Å². The van der Waals surface area contributed by atoms with Crippen LogP contribution in [0.1, 0.15) is 23.4 Å². The predicted molar refractivity (Wildman–Crippen MR) is 56.5 cm³/mol. The molecule has 0 unspecified atom stereocenters. The molecule has 0 aliphatic heterocycles. The molecule has 8 heteroatoms. The van der Waals surface area contributed by atoms with Crippen molar-refractivity contribution in [2.75, 3.05) is 0 Å². The van der Waals surface area contributed by atoms with Gasteiger partial charge in [-0.05, 0) is 34.2 Å². The van der Waals surface area contributed by atoms with E-state index in [0.29, 0.717) is 0 Å². The molecule has 0 aliphatic carbocycles. The molecule has 0 radical (unpaired) electrons. The van der Waals surface area contributed by atoms with Crippen LogP contribution in [0.3, 0.4) is 0 Å². The number of halogens is 7. The SMILES string of the molecule is FC(F)c1nc(C(F)(F)F)c(CCl)cc1I. The highest BCUT2D eigenvalue weighted by Crippen LogP contribution is 2.34. The van der Waals surface area contributed by atoms with Crippen molar-refractivity contribution in [3.05, 3.63) is 26.6 Å². The van der Waals surface area contributed by atoms with Crippen LogP contribution in [-0.2, 0) is 12.1 Å². The van der Waals surface area contributed by atoms with Crippen LogP contribution >= 0.6 is 34.2 Å². The fraction of sp³-hybridized carbons (Fsp3) is 0.375. The molecule has 0 amide bonds. The van der Waals surface area contributed by atoms with E-state index in [-0.39, 0.29) is 9.13 Å². The molecule has 0 fully saturated rings. The van der Waals surface area contributed by atoms with Crippen molar-refractivity contribution in [2.45, 2.75) is 18.5 Å². The highest BCUT2D eigenvalue weighted by molar-refractivity contribution is 14.1. The van der Waals surface area contributed by atoms with E-state index in [1.807, 2.05) is 0 Å². The second-order valence-electron chi connectivity index (χ2n) is 2.80. The second-order valence-corrected chi connectivity index (χ2v) is 4.22. The first-order chi connectivity index (χ1) is 7.27. The summed E-state index contributed by atoms with van der Waals surface area (Å²) in [6.45, 7) is 0. The predicted octanol–water partition coefficient (Wildman–Crippen LogP) is 4.38. The fourth-order valence-electron chi connectivity index (χ4n) is 1.04. The lowest BCUT2D eigenvalue weighted by Gasteiger charge is -2.13. The van der Waals surface area contributed by atoms with Crippen LogP contribution in [0.15, 0.2) is 6.07 Å². The van der Waals surface area contributed by atoms with Gasteiger partial charge in [0, 0.05) is 9.45 Å². The first-order valence-electron chi connectivity index (χ1n) is 3.88. The Bertz CT molecular complexity index is 393. The van der Waals surface area contributed by atoms with E-state index in [1.165, 1.54) is 22.6 Å². The van der Waals surface area contributed by atoms with Gasteiger partial charge in [-0.2, -0.15) is 13.2 Å². The van der Waals surface area contributed by atoms with Gasteiger partial charge >= 0.3 is 6.18 Å². The van der Waals surface area contributed by atoms with Gasteiger partial charge in [0.05, 0.1) is 0 Å². The molecule has 1 rings (SSSR count). The van der Waals surface area contributed by atoms with Crippen molar-refractivity contribution < 1.29 is 22.0 Å². The lowest BCUT2D eigenvalue weighted by Crippen LogP contribution is -2.14. The zero-order chi connectivity index (χ0) is 12.5. The Morgan fingerprint density at radius 3 is 2.31 bits per heavy atom. The van der Waals surface area contributed by atoms with Gasteiger partial charge in [0.1, 0.15) is 11.4 Å². The highest BCUT2D eigenvalue weighted by Gasteiger charge is 2.36. The van der Waals surface area contributed by atoms with Crippen LogP contribution in [0.5, 0.6) is 0 Å². The molecule has 0 bridgehead atoms. The van der Waals surface area contributed by atoms with E-state index in [0.717, 1.165) is 6.07 Å². The van der Waals surface area contributed by atoms with Crippen LogP contribution in [0.4, 0.5) is 22.0 Å². The van der Waals surface area contributed by atoms with E-state index in [1.54, 1.807) is 0 Å². The van der Waals surface area contributed by atoms with Gasteiger partial charge in [-0.1, -0.05) is 0 Å². The van der Waals surface area contributed by atoms with Crippen LogP contribution in [-0.4, -0.2) is 4.98 Å². The Balaban J connectivity index is 3.41. The summed E-state index contributed by atoms with van der Waals surface area (Å²) < 4.78 is 62.0. The van der Waals surface area contributed by atoms with E-state index in [4.69, 9.17) is 11.6 Å². The van der Waals surface area contributed by atoms with Crippen molar-refractivity contribution in [2.24, 2.45) is 0 Å². The van der Waals surface area contributed by atoms with E-state index < -0.39 is 29.9 Å². The van der Waals surface area contributed by atoms with E-state index in [9.17, 15) is 22.0 Å². The van der Waals surface area contributed by atoms with E-state index in [2.05, 4.69) is 4.98 Å². The lowest BCUT2D eigenvalue weighted by molar-refractivity contribution is -0.142. The maximum Gasteiger partial charge on any atom is 0.433 e. The topological polar surface area (TPSA) is 12.9 Å². The van der Waals surface area contributed by atoms with Crippen molar-refractivity contribution >= 4 is 34.2 Å². The summed E-state index contributed by atoms with van der Waals surface area (Å²) in [5, 5.41) is 0. The molecule has 1 aromatic rings. The molecular weight excluding hydrogens is 367 g/mol. The average molecular weight is 371 g/mol. The number of hydrogen-bond donors (Lipinski definition) is 0. The maximum absolute atomic E-state index is 12.4. The summed E-state index contributed by atoms with van der Waals surface area (Å²) in [7, 11) is 0. The summed E-state index contributed by atoms with van der Waals surface area (Å²) in [6, 6.07) is 0.977. The third-order valence-corrected chi connectivity index (χ3v) is 2.85. The molecule has 0 atom stereocenters. The maximum atomic E-state index is 12.4. The molecule has 1 nitrogen and oxygen atoms in total. The molecule has 90 valence electrons. The molecule has 0 spiro atoms. The standard InChI is InChI=1S/C8H4ClF5IN/c9-2-3-1-4(15)5(7(10)11)16-6(3)8(12,13)14/h1,7H,2H2. The molecule has 1 heterocycles. The highest BCUT2D eigenvalue weighted by atomic mass is 127. The average Bonchev–Trinajstić information content (AvgIpc) is 2.14. The first-order valence-corrected chi connectivity index (χ1v) is 5.49. The van der Waals surface area contributed by atoms with Crippen molar-refractivity contribution in [1.29, 1.82) is 0 Å². The van der Waals surface area contributed by atoms with Crippen LogP contribution < -0.4 is 0 Å². The smallest absolute Gasteiger partial charge is 0.241 e. The van der Waals surface area contributed by atoms with Gasteiger partial charge in [0.2, 0.25) is 0 Å². The molecule has 0 saturated carbocycles. The molecule has 16 heavy (non-hydrogen) atoms. The van der Waals surface area contributed by atoms with Crippen molar-refractivity contribution in [1.82, 2.24) is 4.98 Å². The number of rotatable bonds is 2. The minimum atomic E-state index is -4.78. The van der Waals surface area contributed by atoms with Crippen molar-refractivity contribution in [3.63, 3.8) is 0 Å². The second kappa shape index (κ2) is 4.99. The van der Waals surface area contributed by atoms with E-state index >= 15 is 0 Å². The monoisotopic (exact) mass is 371 g/mol. The van der Waals surface area contributed by atoms with Crippen LogP contribution in [0, 0.1) is 3.57 Å². The number of nitrogens with zero attached hydrogens (tertiary/aromatic N) is 1. The Morgan fingerprint density at radius 1 is 1.38 bits per heavy atom. The Labute approximate surface area is 106 Å². The fourth-order valence-corrected chi connectivity index (χ4v) is 1.98. The van der Waals surface area contributed by atoms with Gasteiger partial charge in [-0.3, -0.25) is 0 Å². The Kier molecular flexibility index (Phi) is 4.33. The number of alkyl halides is 6. The van der Waals surface area contributed by atoms with Crippen LogP contribution in [0.2, 0.25) is 0 Å². The summed E-state index contributed by atoms with van der Waals surface area (Å²) in [5.41, 5.74) is -2.53. The number of pyridine rings is 1. The normalized spacial score (nSPS) is 12.2. The summed E-state index contributed by atoms with van der Waals surface area (Å²) in [5.74, 6) is -0.429. The molecule has 0 N–H and O–H groups in total. The lowest BCUT2D eigenvalue weighted by atomic mass is 10.2. The third kappa shape index (κ3) is 2.93. The van der Waals surface area contributed by atoms with Crippen LogP contribution in [0.25, 0.3) is 0 Å². The third-order valence-electron chi connectivity index (χ3n) is 1.70. The van der Waals surface area contributed by atoms with Gasteiger partial charge < -0.3 is 0 Å². The molecule has 0 saturated heterocycles. The minimum absolute atomic E-state index is 0.0312. The molecular formula is C8H4ClF5IN.